The molecule has 7 nitrogen and oxygen atoms in total. The van der Waals surface area contributed by atoms with Crippen LogP contribution in [0.25, 0.3) is 11.3 Å². The fourth-order valence-electron chi connectivity index (χ4n) is 3.84. The Bertz CT molecular complexity index is 934. The Kier molecular flexibility index (Phi) is 6.87. The van der Waals surface area contributed by atoms with Crippen molar-refractivity contribution < 1.29 is 13.2 Å². The lowest BCUT2D eigenvalue weighted by Crippen LogP contribution is -2.59. The van der Waals surface area contributed by atoms with Gasteiger partial charge in [0, 0.05) is 30.9 Å². The summed E-state index contributed by atoms with van der Waals surface area (Å²) >= 11 is 0. The van der Waals surface area contributed by atoms with E-state index in [9.17, 15) is 13.2 Å². The second-order valence-corrected chi connectivity index (χ2v) is 9.13. The van der Waals surface area contributed by atoms with Crippen molar-refractivity contribution >= 4 is 16.1 Å². The van der Waals surface area contributed by atoms with E-state index in [2.05, 4.69) is 15.0 Å². The maximum Gasteiger partial charge on any atom is 0.317 e. The molecule has 1 aromatic heterocycles. The Morgan fingerprint density at radius 2 is 2.00 bits per heavy atom. The van der Waals surface area contributed by atoms with Gasteiger partial charge in [-0.05, 0) is 43.9 Å². The number of nitrogens with one attached hydrogen (secondary N) is 2. The van der Waals surface area contributed by atoms with E-state index in [1.165, 1.54) is 0 Å². The molecule has 0 spiro atoms. The zero-order valence-electron chi connectivity index (χ0n) is 16.8. The second-order valence-electron chi connectivity index (χ2n) is 7.35. The molecule has 0 radical (unpaired) electrons. The van der Waals surface area contributed by atoms with Crippen molar-refractivity contribution in [1.29, 1.82) is 0 Å². The Labute approximate surface area is 172 Å². The van der Waals surface area contributed by atoms with Gasteiger partial charge in [0.1, 0.15) is 0 Å². The molecular formula is C21H28N4O3S. The molecule has 0 bridgehead atoms. The Hall–Kier alpha value is -2.45. The highest BCUT2D eigenvalue weighted by Gasteiger charge is 2.35. The minimum absolute atomic E-state index is 0.158. The summed E-state index contributed by atoms with van der Waals surface area (Å²) < 4.78 is 26.5. The number of hydrogen-bond acceptors (Lipinski definition) is 4. The summed E-state index contributed by atoms with van der Waals surface area (Å²) in [5.41, 5.74) is 2.89. The summed E-state index contributed by atoms with van der Waals surface area (Å²) in [4.78, 5) is 18.8. The van der Waals surface area contributed by atoms with Crippen LogP contribution < -0.4 is 10.0 Å². The number of urea groups is 1. The molecule has 1 aromatic carbocycles. The van der Waals surface area contributed by atoms with Crippen LogP contribution >= 0.6 is 0 Å². The number of pyridine rings is 1. The van der Waals surface area contributed by atoms with Gasteiger partial charge in [-0.1, -0.05) is 30.3 Å². The van der Waals surface area contributed by atoms with E-state index in [0.717, 1.165) is 29.5 Å². The first-order valence-electron chi connectivity index (χ1n) is 9.89. The molecule has 2 aromatic rings. The summed E-state index contributed by atoms with van der Waals surface area (Å²) in [5.74, 6) is 0. The number of piperidine rings is 1. The average Bonchev–Trinajstić information content (AvgIpc) is 2.69. The molecule has 0 aliphatic carbocycles. The largest absolute Gasteiger partial charge is 0.338 e. The molecule has 0 saturated carbocycles. The molecule has 8 heteroatoms. The minimum Gasteiger partial charge on any atom is -0.338 e. The van der Waals surface area contributed by atoms with Gasteiger partial charge in [-0.15, -0.1) is 0 Å². The van der Waals surface area contributed by atoms with Gasteiger partial charge in [-0.25, -0.2) is 17.9 Å². The first-order valence-corrected chi connectivity index (χ1v) is 11.8. The highest BCUT2D eigenvalue weighted by Crippen LogP contribution is 2.24. The van der Waals surface area contributed by atoms with Crippen molar-refractivity contribution in [3.63, 3.8) is 0 Å². The number of amides is 2. The molecule has 156 valence electrons. The summed E-state index contributed by atoms with van der Waals surface area (Å²) in [6.07, 6.45) is 4.92. The van der Waals surface area contributed by atoms with Gasteiger partial charge in [-0.3, -0.25) is 4.98 Å². The zero-order chi connectivity index (χ0) is 20.9. The lowest BCUT2D eigenvalue weighted by atomic mass is 9.91. The number of nitrogens with zero attached hydrogens (tertiary/aromatic N) is 2. The molecule has 1 saturated heterocycles. The highest BCUT2D eigenvalue weighted by atomic mass is 32.2. The summed E-state index contributed by atoms with van der Waals surface area (Å²) in [5, 5.41) is 2.85. The maximum absolute atomic E-state index is 12.6. The quantitative estimate of drug-likeness (QED) is 0.756. The van der Waals surface area contributed by atoms with Crippen molar-refractivity contribution in [2.75, 3.05) is 19.3 Å². The van der Waals surface area contributed by atoms with Crippen LogP contribution in [0.1, 0.15) is 25.3 Å². The monoisotopic (exact) mass is 416 g/mol. The molecule has 1 fully saturated rings. The number of sulfonamides is 1. The fourth-order valence-corrected chi connectivity index (χ4v) is 4.66. The van der Waals surface area contributed by atoms with Crippen LogP contribution in [0.5, 0.6) is 0 Å². The van der Waals surface area contributed by atoms with Crippen LogP contribution in [0.2, 0.25) is 0 Å². The summed E-state index contributed by atoms with van der Waals surface area (Å²) in [6.45, 7) is 3.01. The molecule has 2 heterocycles. The molecule has 1 aliphatic heterocycles. The molecule has 3 rings (SSSR count). The Morgan fingerprint density at radius 3 is 2.69 bits per heavy atom. The molecular weight excluding hydrogens is 388 g/mol. The number of hydrogen-bond donors (Lipinski definition) is 2. The smallest absolute Gasteiger partial charge is 0.317 e. The average molecular weight is 417 g/mol. The maximum atomic E-state index is 12.6. The minimum atomic E-state index is -3.38. The van der Waals surface area contributed by atoms with E-state index in [1.807, 2.05) is 49.4 Å². The van der Waals surface area contributed by atoms with E-state index in [1.54, 1.807) is 11.1 Å². The Morgan fingerprint density at radius 1 is 1.24 bits per heavy atom. The van der Waals surface area contributed by atoms with Gasteiger partial charge in [0.2, 0.25) is 10.0 Å². The standard InChI is InChI=1S/C21H28N4O3S/c1-3-22-21(26)25-13-7-10-18(24-29(2,27)28)20(25)15-16-11-12-23-19(14-16)17-8-5-4-6-9-17/h4-6,8-9,11-12,14,18,20,24H,3,7,10,13,15H2,1-2H3,(H,22,26)/t18-,20-/m1/s1. The third-order valence-corrected chi connectivity index (χ3v) is 5.80. The molecule has 2 N–H and O–H groups in total. The first kappa shape index (κ1) is 21.3. The van der Waals surface area contributed by atoms with Gasteiger partial charge < -0.3 is 10.2 Å². The van der Waals surface area contributed by atoms with Gasteiger partial charge in [0.15, 0.2) is 0 Å². The SMILES string of the molecule is CCNC(=O)N1CCC[C@@H](NS(C)(=O)=O)[C@H]1Cc1ccnc(-c2ccccc2)c1. The van der Waals surface area contributed by atoms with E-state index < -0.39 is 10.0 Å². The first-order chi connectivity index (χ1) is 13.9. The topological polar surface area (TPSA) is 91.4 Å². The number of likely N-dealkylation sites (tertiary alicyclic amines) is 1. The van der Waals surface area contributed by atoms with Crippen LogP contribution in [0.15, 0.2) is 48.7 Å². The third-order valence-electron chi connectivity index (χ3n) is 5.07. The molecule has 2 atom stereocenters. The van der Waals surface area contributed by atoms with Crippen LogP contribution in [0.4, 0.5) is 4.79 Å². The van der Waals surface area contributed by atoms with Gasteiger partial charge in [0.05, 0.1) is 18.0 Å². The van der Waals surface area contributed by atoms with E-state index >= 15 is 0 Å². The fraction of sp³-hybridized carbons (Fsp3) is 0.429. The molecule has 29 heavy (non-hydrogen) atoms. The van der Waals surface area contributed by atoms with E-state index in [0.29, 0.717) is 25.9 Å². The van der Waals surface area contributed by atoms with Crippen molar-refractivity contribution in [2.45, 2.75) is 38.3 Å². The zero-order valence-corrected chi connectivity index (χ0v) is 17.7. The van der Waals surface area contributed by atoms with Crippen LogP contribution in [-0.2, 0) is 16.4 Å². The number of carbonyl (C=O) groups is 1. The van der Waals surface area contributed by atoms with Crippen molar-refractivity contribution in [3.8, 4) is 11.3 Å². The van der Waals surface area contributed by atoms with Crippen molar-refractivity contribution in [2.24, 2.45) is 0 Å². The van der Waals surface area contributed by atoms with Gasteiger partial charge >= 0.3 is 6.03 Å². The lowest BCUT2D eigenvalue weighted by molar-refractivity contribution is 0.134. The summed E-state index contributed by atoms with van der Waals surface area (Å²) in [6, 6.07) is 13.1. The van der Waals surface area contributed by atoms with Crippen LogP contribution in [-0.4, -0.2) is 55.8 Å². The molecule has 1 aliphatic rings. The van der Waals surface area contributed by atoms with Gasteiger partial charge in [-0.2, -0.15) is 0 Å². The van der Waals surface area contributed by atoms with Crippen LogP contribution in [0.3, 0.4) is 0 Å². The van der Waals surface area contributed by atoms with Gasteiger partial charge in [0.25, 0.3) is 0 Å². The van der Waals surface area contributed by atoms with E-state index in [4.69, 9.17) is 0 Å². The van der Waals surface area contributed by atoms with Crippen molar-refractivity contribution in [1.82, 2.24) is 19.9 Å². The highest BCUT2D eigenvalue weighted by molar-refractivity contribution is 7.88. The molecule has 0 unspecified atom stereocenters. The third kappa shape index (κ3) is 5.77. The normalized spacial score (nSPS) is 19.7. The lowest BCUT2D eigenvalue weighted by Gasteiger charge is -2.41. The number of rotatable bonds is 6. The number of benzene rings is 1. The Balaban J connectivity index is 1.89. The van der Waals surface area contributed by atoms with E-state index in [-0.39, 0.29) is 18.1 Å². The summed E-state index contributed by atoms with van der Waals surface area (Å²) in [7, 11) is -3.38. The predicted molar refractivity (Wildman–Crippen MR) is 114 cm³/mol. The second kappa shape index (κ2) is 9.37. The number of carbonyl (C=O) groups excluding carboxylic acids is 1. The molecule has 2 amide bonds. The van der Waals surface area contributed by atoms with Crippen LogP contribution in [0, 0.1) is 0 Å². The predicted octanol–water partition coefficient (Wildman–Crippen LogP) is 2.40. The van der Waals surface area contributed by atoms with Crippen molar-refractivity contribution in [3.05, 3.63) is 54.2 Å². The number of aromatic nitrogens is 1.